The molecular weight excluding hydrogens is 230 g/mol. The lowest BCUT2D eigenvalue weighted by atomic mass is 10.0. The Morgan fingerprint density at radius 1 is 1.29 bits per heavy atom. The number of carbonyl (C=O) groups is 1. The molecule has 0 bridgehead atoms. The summed E-state index contributed by atoms with van der Waals surface area (Å²) in [5.41, 5.74) is -0.528. The molecule has 17 heavy (non-hydrogen) atoms. The zero-order valence-electron chi connectivity index (χ0n) is 8.87. The highest BCUT2D eigenvalue weighted by atomic mass is 19.1. The average Bonchev–Trinajstić information content (AvgIpc) is 2.81. The van der Waals surface area contributed by atoms with E-state index < -0.39 is 23.0 Å². The van der Waals surface area contributed by atoms with Crippen molar-refractivity contribution in [2.45, 2.75) is 0 Å². The van der Waals surface area contributed by atoms with Gasteiger partial charge in [0, 0.05) is 12.1 Å². The fraction of sp³-hybridized carbons (Fsp3) is 0.0833. The maximum Gasteiger partial charge on any atom is 0.202 e. The van der Waals surface area contributed by atoms with Crippen LogP contribution in [-0.2, 0) is 0 Å². The van der Waals surface area contributed by atoms with E-state index in [0.29, 0.717) is 0 Å². The number of ketones is 1. The van der Waals surface area contributed by atoms with Crippen LogP contribution in [0.2, 0.25) is 0 Å². The minimum absolute atomic E-state index is 0.0174. The summed E-state index contributed by atoms with van der Waals surface area (Å²) in [6.45, 7) is 0. The van der Waals surface area contributed by atoms with E-state index in [1.165, 1.54) is 19.4 Å². The summed E-state index contributed by atoms with van der Waals surface area (Å²) < 4.78 is 36.5. The fourth-order valence-corrected chi connectivity index (χ4v) is 1.42. The number of hydrogen-bond acceptors (Lipinski definition) is 3. The molecule has 0 atom stereocenters. The number of carbonyl (C=O) groups excluding carboxylic acids is 1. The van der Waals surface area contributed by atoms with Gasteiger partial charge in [-0.25, -0.2) is 8.78 Å². The van der Waals surface area contributed by atoms with Crippen LogP contribution in [0.5, 0.6) is 5.75 Å². The molecule has 0 saturated heterocycles. The van der Waals surface area contributed by atoms with E-state index in [9.17, 15) is 13.6 Å². The molecule has 5 heteroatoms. The summed E-state index contributed by atoms with van der Waals surface area (Å²) in [7, 11) is 1.28. The molecule has 2 rings (SSSR count). The third-order valence-corrected chi connectivity index (χ3v) is 2.26. The van der Waals surface area contributed by atoms with Gasteiger partial charge < -0.3 is 9.15 Å². The molecule has 0 amide bonds. The Hall–Kier alpha value is -2.17. The maximum absolute atomic E-state index is 13.6. The highest BCUT2D eigenvalue weighted by Crippen LogP contribution is 2.23. The zero-order chi connectivity index (χ0) is 12.4. The molecule has 0 saturated carbocycles. The van der Waals surface area contributed by atoms with Gasteiger partial charge >= 0.3 is 0 Å². The minimum Gasteiger partial charge on any atom is -0.497 e. The van der Waals surface area contributed by atoms with E-state index >= 15 is 0 Å². The monoisotopic (exact) mass is 238 g/mol. The maximum atomic E-state index is 13.6. The van der Waals surface area contributed by atoms with Gasteiger partial charge in [-0.05, 0) is 6.07 Å². The molecule has 1 heterocycles. The molecule has 1 aromatic carbocycles. The molecular formula is C12H8F2O3. The van der Waals surface area contributed by atoms with Crippen LogP contribution < -0.4 is 4.74 Å². The average molecular weight is 238 g/mol. The smallest absolute Gasteiger partial charge is 0.202 e. The molecule has 0 aliphatic carbocycles. The van der Waals surface area contributed by atoms with E-state index in [2.05, 4.69) is 0 Å². The second-order valence-corrected chi connectivity index (χ2v) is 3.31. The van der Waals surface area contributed by atoms with Gasteiger partial charge in [0.2, 0.25) is 5.78 Å². The lowest BCUT2D eigenvalue weighted by Gasteiger charge is -2.05. The molecule has 88 valence electrons. The summed E-state index contributed by atoms with van der Waals surface area (Å²) in [6.07, 6.45) is 2.39. The molecule has 3 nitrogen and oxygen atoms in total. The molecule has 2 aromatic rings. The molecule has 0 aliphatic heterocycles. The van der Waals surface area contributed by atoms with Gasteiger partial charge in [0.1, 0.15) is 23.6 Å². The number of benzene rings is 1. The van der Waals surface area contributed by atoms with Gasteiger partial charge in [-0.2, -0.15) is 0 Å². The lowest BCUT2D eigenvalue weighted by Crippen LogP contribution is -2.07. The zero-order valence-corrected chi connectivity index (χ0v) is 8.87. The van der Waals surface area contributed by atoms with Gasteiger partial charge in [0.15, 0.2) is 0 Å². The number of hydrogen-bond donors (Lipinski definition) is 0. The van der Waals surface area contributed by atoms with Crippen molar-refractivity contribution in [2.24, 2.45) is 0 Å². The Morgan fingerprint density at radius 3 is 2.41 bits per heavy atom. The van der Waals surface area contributed by atoms with Crippen molar-refractivity contribution in [3.63, 3.8) is 0 Å². The number of furan rings is 1. The Bertz CT molecular complexity index is 524. The third-order valence-electron chi connectivity index (χ3n) is 2.26. The predicted molar refractivity (Wildman–Crippen MR) is 55.1 cm³/mol. The lowest BCUT2D eigenvalue weighted by molar-refractivity contribution is 0.103. The Balaban J connectivity index is 2.49. The van der Waals surface area contributed by atoms with E-state index in [4.69, 9.17) is 9.15 Å². The number of halogens is 2. The normalized spacial score (nSPS) is 10.3. The molecule has 0 N–H and O–H groups in total. The van der Waals surface area contributed by atoms with Crippen molar-refractivity contribution in [3.05, 3.63) is 53.5 Å². The van der Waals surface area contributed by atoms with Crippen LogP contribution >= 0.6 is 0 Å². The number of ether oxygens (including phenoxy) is 1. The highest BCUT2D eigenvalue weighted by molar-refractivity contribution is 6.09. The highest BCUT2D eigenvalue weighted by Gasteiger charge is 2.21. The van der Waals surface area contributed by atoms with Gasteiger partial charge in [-0.15, -0.1) is 0 Å². The molecule has 0 unspecified atom stereocenters. The van der Waals surface area contributed by atoms with Crippen LogP contribution in [-0.4, -0.2) is 12.9 Å². The van der Waals surface area contributed by atoms with Gasteiger partial charge in [-0.1, -0.05) is 0 Å². The molecule has 0 fully saturated rings. The van der Waals surface area contributed by atoms with Crippen molar-refractivity contribution in [1.82, 2.24) is 0 Å². The summed E-state index contributed by atoms with van der Waals surface area (Å²) in [4.78, 5) is 11.8. The first kappa shape index (κ1) is 11.3. The first-order chi connectivity index (χ1) is 8.13. The molecule has 0 spiro atoms. The number of methoxy groups -OCH3 is 1. The third kappa shape index (κ3) is 2.04. The van der Waals surface area contributed by atoms with Gasteiger partial charge in [0.25, 0.3) is 0 Å². The Kier molecular flexibility index (Phi) is 2.91. The van der Waals surface area contributed by atoms with Crippen LogP contribution in [0, 0.1) is 11.6 Å². The van der Waals surface area contributed by atoms with E-state index in [0.717, 1.165) is 18.4 Å². The standard InChI is InChI=1S/C12H8F2O3/c1-16-8-4-9(13)11(10(14)5-8)12(15)7-2-3-17-6-7/h2-6H,1H3. The fourth-order valence-electron chi connectivity index (χ4n) is 1.42. The molecule has 1 aromatic heterocycles. The topological polar surface area (TPSA) is 39.4 Å². The van der Waals surface area contributed by atoms with Crippen LogP contribution in [0.3, 0.4) is 0 Å². The molecule has 0 aliphatic rings. The van der Waals surface area contributed by atoms with E-state index in [-0.39, 0.29) is 11.3 Å². The van der Waals surface area contributed by atoms with Crippen molar-refractivity contribution >= 4 is 5.78 Å². The van der Waals surface area contributed by atoms with Crippen molar-refractivity contribution in [1.29, 1.82) is 0 Å². The van der Waals surface area contributed by atoms with E-state index in [1.54, 1.807) is 0 Å². The van der Waals surface area contributed by atoms with Gasteiger partial charge in [0.05, 0.1) is 24.5 Å². The predicted octanol–water partition coefficient (Wildman–Crippen LogP) is 2.80. The first-order valence-corrected chi connectivity index (χ1v) is 4.73. The van der Waals surface area contributed by atoms with Crippen LogP contribution in [0.25, 0.3) is 0 Å². The van der Waals surface area contributed by atoms with Crippen LogP contribution in [0.15, 0.2) is 35.1 Å². The van der Waals surface area contributed by atoms with Crippen molar-refractivity contribution < 1.29 is 22.7 Å². The van der Waals surface area contributed by atoms with Crippen molar-refractivity contribution in [2.75, 3.05) is 7.11 Å². The van der Waals surface area contributed by atoms with Crippen LogP contribution in [0.1, 0.15) is 15.9 Å². The summed E-state index contributed by atoms with van der Waals surface area (Å²) in [5, 5.41) is 0. The van der Waals surface area contributed by atoms with E-state index in [1.807, 2.05) is 0 Å². The Morgan fingerprint density at radius 2 is 1.94 bits per heavy atom. The van der Waals surface area contributed by atoms with Crippen LogP contribution in [0.4, 0.5) is 8.78 Å². The van der Waals surface area contributed by atoms with Crippen molar-refractivity contribution in [3.8, 4) is 5.75 Å². The second kappa shape index (κ2) is 4.37. The van der Waals surface area contributed by atoms with Gasteiger partial charge in [-0.3, -0.25) is 4.79 Å². The summed E-state index contributed by atoms with van der Waals surface area (Å²) >= 11 is 0. The minimum atomic E-state index is -0.965. The SMILES string of the molecule is COc1cc(F)c(C(=O)c2ccoc2)c(F)c1. The summed E-state index contributed by atoms with van der Waals surface area (Å²) in [6, 6.07) is 3.25. The quantitative estimate of drug-likeness (QED) is 0.772. The Labute approximate surface area is 95.6 Å². The largest absolute Gasteiger partial charge is 0.497 e. The molecule has 0 radical (unpaired) electrons. The second-order valence-electron chi connectivity index (χ2n) is 3.31. The summed E-state index contributed by atoms with van der Waals surface area (Å²) in [5.74, 6) is -2.68. The first-order valence-electron chi connectivity index (χ1n) is 4.73. The number of rotatable bonds is 3.